The van der Waals surface area contributed by atoms with Crippen molar-refractivity contribution in [2.24, 2.45) is 5.92 Å². The zero-order chi connectivity index (χ0) is 11.0. The fourth-order valence-corrected chi connectivity index (χ4v) is 3.05. The second-order valence-corrected chi connectivity index (χ2v) is 4.68. The Kier molecular flexibility index (Phi) is 7.71. The molecule has 0 spiro atoms. The summed E-state index contributed by atoms with van der Waals surface area (Å²) in [5.41, 5.74) is 2.68. The predicted octanol–water partition coefficient (Wildman–Crippen LogP) is 1.80. The van der Waals surface area contributed by atoms with Crippen molar-refractivity contribution in [1.82, 2.24) is 5.32 Å². The zero-order valence-corrected chi connectivity index (χ0v) is 12.5. The van der Waals surface area contributed by atoms with Gasteiger partial charge >= 0.3 is 0 Å². The lowest BCUT2D eigenvalue weighted by atomic mass is 9.84. The number of hydrogen-bond acceptors (Lipinski definition) is 3. The van der Waals surface area contributed by atoms with Crippen LogP contribution in [0.1, 0.15) is 18.0 Å². The second-order valence-electron chi connectivity index (χ2n) is 4.68. The van der Waals surface area contributed by atoms with Crippen molar-refractivity contribution in [1.29, 1.82) is 0 Å². The maximum absolute atomic E-state index is 5.31. The molecule has 1 fully saturated rings. The van der Waals surface area contributed by atoms with E-state index in [2.05, 4.69) is 34.9 Å². The highest BCUT2D eigenvalue weighted by Crippen LogP contribution is 2.40. The molecule has 2 aliphatic heterocycles. The first-order valence-electron chi connectivity index (χ1n) is 5.98. The number of rotatable bonds is 2. The summed E-state index contributed by atoms with van der Waals surface area (Å²) in [6.07, 6.45) is 1.24. The Morgan fingerprint density at radius 2 is 2.00 bits per heavy atom. The third-order valence-electron chi connectivity index (χ3n) is 3.77. The summed E-state index contributed by atoms with van der Waals surface area (Å²) in [7, 11) is 1.78. The van der Waals surface area contributed by atoms with Crippen LogP contribution in [0.15, 0.2) is 24.3 Å². The summed E-state index contributed by atoms with van der Waals surface area (Å²) in [6, 6.07) is 9.55. The first-order chi connectivity index (χ1) is 7.90. The number of fused-ring (bicyclic) bond motifs is 3. The summed E-state index contributed by atoms with van der Waals surface area (Å²) in [5, 5.41) is 7.21. The van der Waals surface area contributed by atoms with E-state index in [0.29, 0.717) is 18.0 Å². The lowest BCUT2D eigenvalue weighted by Gasteiger charge is -2.36. The Labute approximate surface area is 126 Å². The lowest BCUT2D eigenvalue weighted by molar-refractivity contribution is 0.158. The quantitative estimate of drug-likeness (QED) is 0.875. The lowest BCUT2D eigenvalue weighted by Crippen LogP contribution is -2.40. The molecule has 0 amide bonds. The van der Waals surface area contributed by atoms with Gasteiger partial charge in [0, 0.05) is 24.8 Å². The summed E-state index contributed by atoms with van der Waals surface area (Å²) < 4.78 is 5.31. The van der Waals surface area contributed by atoms with Gasteiger partial charge in [-0.15, -0.1) is 24.8 Å². The molecule has 0 unspecified atom stereocenters. The second kappa shape index (κ2) is 7.92. The third kappa shape index (κ3) is 3.33. The van der Waals surface area contributed by atoms with Crippen molar-refractivity contribution in [2.45, 2.75) is 18.5 Å². The van der Waals surface area contributed by atoms with Gasteiger partial charge in [-0.1, -0.05) is 18.2 Å². The third-order valence-corrected chi connectivity index (χ3v) is 3.77. The number of methoxy groups -OCH3 is 1. The van der Waals surface area contributed by atoms with Crippen LogP contribution in [-0.4, -0.2) is 31.8 Å². The number of ether oxygens (including phenoxy) is 1. The normalized spacial score (nSPS) is 26.7. The molecule has 2 aliphatic rings. The SMILES string of the molecule is COC[C@@H]1Nc2ccccc2[C@@H]2NCC[C@H]12.Cl.Cl.O. The molecular weight excluding hydrogens is 287 g/mol. The highest BCUT2D eigenvalue weighted by Gasteiger charge is 2.39. The van der Waals surface area contributed by atoms with E-state index in [9.17, 15) is 0 Å². The van der Waals surface area contributed by atoms with Crippen molar-refractivity contribution in [3.8, 4) is 0 Å². The highest BCUT2D eigenvalue weighted by atomic mass is 35.5. The van der Waals surface area contributed by atoms with E-state index in [-0.39, 0.29) is 30.3 Å². The summed E-state index contributed by atoms with van der Waals surface area (Å²) >= 11 is 0. The van der Waals surface area contributed by atoms with E-state index in [0.717, 1.165) is 13.2 Å². The Balaban J connectivity index is 0.00000108. The molecule has 2 heterocycles. The molecule has 1 aromatic rings. The molecule has 1 aromatic carbocycles. The minimum Gasteiger partial charge on any atom is -0.412 e. The molecule has 0 aromatic heterocycles. The Morgan fingerprint density at radius 3 is 2.74 bits per heavy atom. The van der Waals surface area contributed by atoms with Crippen molar-refractivity contribution < 1.29 is 10.2 Å². The van der Waals surface area contributed by atoms with Gasteiger partial charge in [-0.25, -0.2) is 0 Å². The fraction of sp³-hybridized carbons (Fsp3) is 0.538. The molecule has 0 radical (unpaired) electrons. The first kappa shape index (κ1) is 18.5. The van der Waals surface area contributed by atoms with Gasteiger partial charge in [0.15, 0.2) is 0 Å². The molecule has 0 saturated carbocycles. The van der Waals surface area contributed by atoms with Gasteiger partial charge in [0.2, 0.25) is 0 Å². The average molecular weight is 309 g/mol. The molecule has 3 rings (SSSR count). The van der Waals surface area contributed by atoms with Gasteiger partial charge in [0.05, 0.1) is 12.6 Å². The van der Waals surface area contributed by atoms with Crippen molar-refractivity contribution in [3.05, 3.63) is 29.8 Å². The van der Waals surface area contributed by atoms with Gasteiger partial charge in [0.25, 0.3) is 0 Å². The maximum Gasteiger partial charge on any atom is 0.0667 e. The van der Waals surface area contributed by atoms with Crippen LogP contribution in [0.5, 0.6) is 0 Å². The van der Waals surface area contributed by atoms with Crippen molar-refractivity contribution in [3.63, 3.8) is 0 Å². The van der Waals surface area contributed by atoms with Crippen LogP contribution in [0, 0.1) is 5.92 Å². The van der Waals surface area contributed by atoms with E-state index < -0.39 is 0 Å². The zero-order valence-electron chi connectivity index (χ0n) is 10.9. The molecule has 4 N–H and O–H groups in total. The van der Waals surface area contributed by atoms with Gasteiger partial charge in [-0.2, -0.15) is 0 Å². The minimum absolute atomic E-state index is 0. The van der Waals surface area contributed by atoms with Crippen molar-refractivity contribution in [2.75, 3.05) is 25.6 Å². The minimum atomic E-state index is 0. The van der Waals surface area contributed by atoms with Gasteiger partial charge in [-0.05, 0) is 24.6 Å². The molecule has 0 aliphatic carbocycles. The molecule has 19 heavy (non-hydrogen) atoms. The predicted molar refractivity (Wildman–Crippen MR) is 82.7 cm³/mol. The number of benzene rings is 1. The topological polar surface area (TPSA) is 64.8 Å². The van der Waals surface area contributed by atoms with Crippen LogP contribution in [-0.2, 0) is 4.74 Å². The molecule has 1 saturated heterocycles. The van der Waals surface area contributed by atoms with E-state index in [1.165, 1.54) is 17.7 Å². The Bertz CT molecular complexity index is 393. The maximum atomic E-state index is 5.31. The van der Waals surface area contributed by atoms with Crippen molar-refractivity contribution >= 4 is 30.5 Å². The average Bonchev–Trinajstić information content (AvgIpc) is 2.79. The van der Waals surface area contributed by atoms with Crippen LogP contribution in [0.4, 0.5) is 5.69 Å². The molecule has 0 bridgehead atoms. The summed E-state index contributed by atoms with van der Waals surface area (Å²) in [4.78, 5) is 0. The number of para-hydroxylation sites is 1. The molecular formula is C13H22Cl2N2O2. The van der Waals surface area contributed by atoms with Crippen LogP contribution >= 0.6 is 24.8 Å². The van der Waals surface area contributed by atoms with E-state index in [4.69, 9.17) is 4.74 Å². The van der Waals surface area contributed by atoms with Gasteiger partial charge in [-0.3, -0.25) is 0 Å². The number of halogens is 2. The number of hydrogen-bond donors (Lipinski definition) is 2. The number of nitrogens with one attached hydrogen (secondary N) is 2. The fourth-order valence-electron chi connectivity index (χ4n) is 3.05. The summed E-state index contributed by atoms with van der Waals surface area (Å²) in [6.45, 7) is 1.91. The van der Waals surface area contributed by atoms with E-state index >= 15 is 0 Å². The molecule has 3 atom stereocenters. The van der Waals surface area contributed by atoms with Gasteiger partial charge in [0.1, 0.15) is 0 Å². The van der Waals surface area contributed by atoms with Gasteiger partial charge < -0.3 is 20.8 Å². The van der Waals surface area contributed by atoms with E-state index in [1.807, 2.05) is 0 Å². The monoisotopic (exact) mass is 308 g/mol. The van der Waals surface area contributed by atoms with Crippen LogP contribution < -0.4 is 10.6 Å². The van der Waals surface area contributed by atoms with Crippen LogP contribution in [0.3, 0.4) is 0 Å². The number of anilines is 1. The smallest absolute Gasteiger partial charge is 0.0667 e. The first-order valence-corrected chi connectivity index (χ1v) is 5.98. The highest BCUT2D eigenvalue weighted by molar-refractivity contribution is 5.85. The van der Waals surface area contributed by atoms with Crippen LogP contribution in [0.2, 0.25) is 0 Å². The standard InChI is InChI=1S/C13H18N2O.2ClH.H2O/c1-16-8-12-10-6-7-14-13(10)9-4-2-3-5-11(9)15-12;;;/h2-5,10,12-15H,6-8H2,1H3;2*1H;1H2/t10-,12+,13+;;;/m1.../s1. The Morgan fingerprint density at radius 1 is 1.26 bits per heavy atom. The largest absolute Gasteiger partial charge is 0.412 e. The molecule has 6 heteroatoms. The van der Waals surface area contributed by atoms with Crippen LogP contribution in [0.25, 0.3) is 0 Å². The molecule has 110 valence electrons. The Hall–Kier alpha value is -0.520. The van der Waals surface area contributed by atoms with E-state index in [1.54, 1.807) is 7.11 Å². The summed E-state index contributed by atoms with van der Waals surface area (Å²) in [5.74, 6) is 0.662. The molecule has 4 nitrogen and oxygen atoms in total.